The number of aromatic nitrogens is 4. The second-order valence-electron chi connectivity index (χ2n) is 10.9. The molecule has 0 radical (unpaired) electrons. The maximum absolute atomic E-state index is 13.5. The van der Waals surface area contributed by atoms with Crippen molar-refractivity contribution in [2.75, 3.05) is 18.0 Å². The lowest BCUT2D eigenvalue weighted by Gasteiger charge is -2.37. The van der Waals surface area contributed by atoms with E-state index in [2.05, 4.69) is 50.8 Å². The Kier molecular flexibility index (Phi) is 6.21. The van der Waals surface area contributed by atoms with Gasteiger partial charge in [0.05, 0.1) is 5.69 Å². The number of hydrogen-bond acceptors (Lipinski definition) is 8. The maximum Gasteiger partial charge on any atom is 0.291 e. The Morgan fingerprint density at radius 1 is 1.21 bits per heavy atom. The lowest BCUT2D eigenvalue weighted by molar-refractivity contribution is 0.150. The molecule has 1 aliphatic heterocycles. The van der Waals surface area contributed by atoms with Crippen molar-refractivity contribution < 1.29 is 17.2 Å². The third kappa shape index (κ3) is 5.02. The molecule has 3 aliphatic rings. The summed E-state index contributed by atoms with van der Waals surface area (Å²) in [5, 5.41) is 11.0. The molecule has 38 heavy (non-hydrogen) atoms. The van der Waals surface area contributed by atoms with Gasteiger partial charge in [0.15, 0.2) is 15.7 Å². The van der Waals surface area contributed by atoms with Crippen molar-refractivity contribution in [2.45, 2.75) is 75.4 Å². The van der Waals surface area contributed by atoms with Gasteiger partial charge in [-0.05, 0) is 58.4 Å². The van der Waals surface area contributed by atoms with Gasteiger partial charge in [0.1, 0.15) is 16.3 Å². The monoisotopic (exact) mass is 561 g/mol. The normalized spacial score (nSPS) is 23.1. The molecule has 1 saturated heterocycles. The Morgan fingerprint density at radius 3 is 2.53 bits per heavy atom. The van der Waals surface area contributed by atoms with E-state index in [0.29, 0.717) is 35.8 Å². The number of sulfonamides is 1. The Labute approximate surface area is 224 Å². The third-order valence-electron chi connectivity index (χ3n) is 7.07. The van der Waals surface area contributed by atoms with E-state index in [4.69, 9.17) is 4.98 Å². The zero-order valence-electron chi connectivity index (χ0n) is 21.3. The first kappa shape index (κ1) is 25.6. The SMILES string of the molecule is C[C@H]1CN(c2cc(S(=O)(=O)NC3(C)CC3)cn3c(-c4nnc(C(F)F)s4)c(C#CC4CC4)nc23)C[C@H](C)N1. The summed E-state index contributed by atoms with van der Waals surface area (Å²) in [4.78, 5) is 7.04. The van der Waals surface area contributed by atoms with Gasteiger partial charge in [0.2, 0.25) is 10.0 Å². The van der Waals surface area contributed by atoms with Crippen LogP contribution in [0, 0.1) is 17.8 Å². The van der Waals surface area contributed by atoms with Gasteiger partial charge in [-0.2, -0.15) is 0 Å². The molecule has 3 fully saturated rings. The van der Waals surface area contributed by atoms with Gasteiger partial charge >= 0.3 is 0 Å². The maximum atomic E-state index is 13.5. The molecule has 4 heterocycles. The molecule has 2 N–H and O–H groups in total. The summed E-state index contributed by atoms with van der Waals surface area (Å²) in [5.74, 6) is 6.61. The van der Waals surface area contributed by atoms with Crippen molar-refractivity contribution in [3.05, 3.63) is 23.0 Å². The van der Waals surface area contributed by atoms with E-state index in [1.807, 2.05) is 6.92 Å². The molecule has 2 saturated carbocycles. The van der Waals surface area contributed by atoms with E-state index >= 15 is 0 Å². The average molecular weight is 562 g/mol. The molecular weight excluding hydrogens is 532 g/mol. The smallest absolute Gasteiger partial charge is 0.291 e. The Balaban J connectivity index is 1.59. The Morgan fingerprint density at radius 2 is 1.92 bits per heavy atom. The summed E-state index contributed by atoms with van der Waals surface area (Å²) < 4.78 is 58.4. The number of piperazine rings is 1. The number of pyridine rings is 1. The highest BCUT2D eigenvalue weighted by molar-refractivity contribution is 7.89. The average Bonchev–Trinajstić information content (AvgIpc) is 3.70. The summed E-state index contributed by atoms with van der Waals surface area (Å²) in [6.45, 7) is 7.33. The predicted molar refractivity (Wildman–Crippen MR) is 141 cm³/mol. The van der Waals surface area contributed by atoms with Crippen LogP contribution in [-0.4, -0.2) is 58.7 Å². The zero-order valence-corrected chi connectivity index (χ0v) is 23.0. The molecule has 2 aliphatic carbocycles. The van der Waals surface area contributed by atoms with E-state index in [-0.39, 0.29) is 27.9 Å². The van der Waals surface area contributed by atoms with Crippen LogP contribution in [0.3, 0.4) is 0 Å². The third-order valence-corrected chi connectivity index (χ3v) is 9.61. The van der Waals surface area contributed by atoms with Crippen LogP contribution in [0.2, 0.25) is 0 Å². The van der Waals surface area contributed by atoms with Crippen molar-refractivity contribution in [3.63, 3.8) is 0 Å². The molecule has 202 valence electrons. The number of rotatable bonds is 6. The van der Waals surface area contributed by atoms with Crippen molar-refractivity contribution in [1.82, 2.24) is 29.6 Å². The molecule has 0 bridgehead atoms. The molecule has 0 unspecified atom stereocenters. The van der Waals surface area contributed by atoms with E-state index < -0.39 is 27.0 Å². The van der Waals surface area contributed by atoms with Crippen LogP contribution in [-0.2, 0) is 10.0 Å². The molecule has 0 amide bonds. The lowest BCUT2D eigenvalue weighted by Crippen LogP contribution is -2.54. The van der Waals surface area contributed by atoms with Gasteiger partial charge in [0.25, 0.3) is 6.43 Å². The summed E-state index contributed by atoms with van der Waals surface area (Å²) in [6.07, 6.45) is 2.30. The van der Waals surface area contributed by atoms with Gasteiger partial charge in [-0.3, -0.25) is 4.40 Å². The quantitative estimate of drug-likeness (QED) is 0.444. The van der Waals surface area contributed by atoms with Crippen LogP contribution in [0.15, 0.2) is 17.2 Å². The number of nitrogens with one attached hydrogen (secondary N) is 2. The Hall–Kier alpha value is -2.66. The van der Waals surface area contributed by atoms with Crippen molar-refractivity contribution in [3.8, 4) is 22.5 Å². The van der Waals surface area contributed by atoms with Gasteiger partial charge in [-0.1, -0.05) is 17.3 Å². The highest BCUT2D eigenvalue weighted by Gasteiger charge is 2.42. The number of nitrogens with zero attached hydrogens (tertiary/aromatic N) is 5. The Bertz CT molecular complexity index is 1560. The van der Waals surface area contributed by atoms with E-state index in [0.717, 1.165) is 37.0 Å². The first-order chi connectivity index (χ1) is 18.0. The summed E-state index contributed by atoms with van der Waals surface area (Å²) in [7, 11) is -3.88. The molecule has 2 atom stereocenters. The summed E-state index contributed by atoms with van der Waals surface area (Å²) in [5.41, 5.74) is 1.45. The molecular formula is C25H29F2N7O2S2. The fourth-order valence-corrected chi connectivity index (χ4v) is 7.01. The molecule has 0 aromatic carbocycles. The van der Waals surface area contributed by atoms with Crippen LogP contribution >= 0.6 is 11.3 Å². The number of halogens is 2. The number of imidazole rings is 1. The van der Waals surface area contributed by atoms with Crippen LogP contribution < -0.4 is 14.9 Å². The van der Waals surface area contributed by atoms with Gasteiger partial charge < -0.3 is 10.2 Å². The topological polar surface area (TPSA) is 105 Å². The summed E-state index contributed by atoms with van der Waals surface area (Å²) in [6, 6.07) is 2.00. The van der Waals surface area contributed by atoms with E-state index in [1.54, 1.807) is 10.5 Å². The molecule has 9 nitrogen and oxygen atoms in total. The second kappa shape index (κ2) is 9.22. The second-order valence-corrected chi connectivity index (χ2v) is 13.6. The fourth-order valence-electron chi connectivity index (χ4n) is 4.79. The van der Waals surface area contributed by atoms with Crippen LogP contribution in [0.5, 0.6) is 0 Å². The molecule has 6 rings (SSSR count). The zero-order chi connectivity index (χ0) is 26.8. The predicted octanol–water partition coefficient (Wildman–Crippen LogP) is 3.57. The number of alkyl halides is 2. The lowest BCUT2D eigenvalue weighted by atomic mass is 10.1. The molecule has 3 aromatic rings. The minimum absolute atomic E-state index is 0.0749. The van der Waals surface area contributed by atoms with Crippen LogP contribution in [0.1, 0.15) is 63.6 Å². The minimum atomic E-state index is -3.88. The number of fused-ring (bicyclic) bond motifs is 1. The number of anilines is 1. The van der Waals surface area contributed by atoms with Gasteiger partial charge in [-0.15, -0.1) is 10.2 Å². The van der Waals surface area contributed by atoms with E-state index in [1.165, 1.54) is 6.20 Å². The largest absolute Gasteiger partial charge is 0.365 e. The minimum Gasteiger partial charge on any atom is -0.365 e. The first-order valence-corrected chi connectivity index (χ1v) is 15.1. The van der Waals surface area contributed by atoms with Crippen LogP contribution in [0.25, 0.3) is 16.3 Å². The van der Waals surface area contributed by atoms with Crippen molar-refractivity contribution in [2.24, 2.45) is 5.92 Å². The van der Waals surface area contributed by atoms with Crippen molar-refractivity contribution >= 4 is 32.7 Å². The number of hydrogen-bond donors (Lipinski definition) is 2. The molecule has 0 spiro atoms. The molecule has 13 heteroatoms. The van der Waals surface area contributed by atoms with E-state index in [9.17, 15) is 17.2 Å². The van der Waals surface area contributed by atoms with Crippen molar-refractivity contribution in [1.29, 1.82) is 0 Å². The highest BCUT2D eigenvalue weighted by Crippen LogP contribution is 2.38. The first-order valence-electron chi connectivity index (χ1n) is 12.8. The molecule has 3 aromatic heterocycles. The van der Waals surface area contributed by atoms with Gasteiger partial charge in [0, 0.05) is 42.8 Å². The fraction of sp³-hybridized carbons (Fsp3) is 0.560. The van der Waals surface area contributed by atoms with Crippen LogP contribution in [0.4, 0.5) is 14.5 Å². The summed E-state index contributed by atoms with van der Waals surface area (Å²) >= 11 is 0.764. The standard InChI is InChI=1S/C25H29F2N7O2S2/c1-14-11-33(12-15(2)28-14)19-10-17(38(35,36)32-25(3)8-9-25)13-34-20(23-30-31-24(37-23)21(26)27)18(29-22(19)34)7-6-16-4-5-16/h10,13-16,21,28,32H,4-5,8-9,11-12H2,1-3H3/t14-,15-/m0/s1. The highest BCUT2D eigenvalue weighted by atomic mass is 32.2. The van der Waals surface area contributed by atoms with Gasteiger partial charge in [-0.25, -0.2) is 26.9 Å².